The minimum Gasteiger partial charge on any atom is -0.497 e. The van der Waals surface area contributed by atoms with Crippen LogP contribution in [0.1, 0.15) is 31.7 Å². The number of carbonyl (C=O) groups is 2. The Balaban J connectivity index is 1.86. The van der Waals surface area contributed by atoms with Crippen LogP contribution in [0, 0.1) is 5.92 Å². The van der Waals surface area contributed by atoms with Gasteiger partial charge in [-0.25, -0.2) is 0 Å². The monoisotopic (exact) mass is 332 g/mol. The third kappa shape index (κ3) is 4.73. The van der Waals surface area contributed by atoms with Gasteiger partial charge in [-0.05, 0) is 30.5 Å². The first-order valence-corrected chi connectivity index (χ1v) is 8.70. The van der Waals surface area contributed by atoms with Crippen LogP contribution in [0.15, 0.2) is 24.3 Å². The summed E-state index contributed by atoms with van der Waals surface area (Å²) < 4.78 is 5.22. The van der Waals surface area contributed by atoms with Gasteiger partial charge in [-0.3, -0.25) is 9.59 Å². The molecule has 5 heteroatoms. The summed E-state index contributed by atoms with van der Waals surface area (Å²) in [7, 11) is 3.48. The fourth-order valence-corrected chi connectivity index (χ4v) is 3.06. The second kappa shape index (κ2) is 8.71. The molecule has 1 saturated heterocycles. The van der Waals surface area contributed by atoms with Crippen LogP contribution in [-0.2, 0) is 16.0 Å². The van der Waals surface area contributed by atoms with Crippen LogP contribution in [0.25, 0.3) is 0 Å². The lowest BCUT2D eigenvalue weighted by Crippen LogP contribution is -2.35. The van der Waals surface area contributed by atoms with E-state index >= 15 is 0 Å². The smallest absolute Gasteiger partial charge is 0.227 e. The molecule has 0 aromatic heterocycles. The Kier molecular flexibility index (Phi) is 6.64. The zero-order valence-corrected chi connectivity index (χ0v) is 15.0. The van der Waals surface area contributed by atoms with Crippen LogP contribution in [0.2, 0.25) is 0 Å². The van der Waals surface area contributed by atoms with E-state index in [0.29, 0.717) is 19.5 Å². The number of amides is 2. The number of ether oxygens (including phenoxy) is 1. The molecule has 132 valence electrons. The van der Waals surface area contributed by atoms with E-state index in [1.165, 1.54) is 0 Å². The van der Waals surface area contributed by atoms with E-state index in [-0.39, 0.29) is 17.7 Å². The molecule has 2 rings (SSSR count). The highest BCUT2D eigenvalue weighted by Gasteiger charge is 2.35. The number of rotatable bonds is 8. The molecule has 1 unspecified atom stereocenters. The van der Waals surface area contributed by atoms with Crippen molar-refractivity contribution in [2.75, 3.05) is 33.8 Å². The lowest BCUT2D eigenvalue weighted by Gasteiger charge is -2.21. The van der Waals surface area contributed by atoms with Crippen LogP contribution >= 0.6 is 0 Å². The molecular weight excluding hydrogens is 304 g/mol. The molecule has 1 heterocycles. The van der Waals surface area contributed by atoms with Gasteiger partial charge in [0.05, 0.1) is 13.0 Å². The van der Waals surface area contributed by atoms with E-state index < -0.39 is 0 Å². The molecule has 5 nitrogen and oxygen atoms in total. The molecule has 1 fully saturated rings. The van der Waals surface area contributed by atoms with Crippen LogP contribution in [0.3, 0.4) is 0 Å². The van der Waals surface area contributed by atoms with Crippen molar-refractivity contribution in [3.63, 3.8) is 0 Å². The molecule has 0 radical (unpaired) electrons. The van der Waals surface area contributed by atoms with Crippen molar-refractivity contribution in [2.45, 2.75) is 32.6 Å². The summed E-state index contributed by atoms with van der Waals surface area (Å²) in [5.41, 5.74) is 1.14. The Bertz CT molecular complexity index is 573. The van der Waals surface area contributed by atoms with Gasteiger partial charge in [-0.2, -0.15) is 0 Å². The van der Waals surface area contributed by atoms with Gasteiger partial charge in [0.1, 0.15) is 5.75 Å². The predicted octanol–water partition coefficient (Wildman–Crippen LogP) is 2.34. The summed E-state index contributed by atoms with van der Waals surface area (Å²) in [6, 6.07) is 7.88. The molecule has 0 bridgehead atoms. The van der Waals surface area contributed by atoms with E-state index in [1.54, 1.807) is 12.0 Å². The fraction of sp³-hybridized carbons (Fsp3) is 0.579. The van der Waals surface area contributed by atoms with Crippen molar-refractivity contribution in [3.8, 4) is 5.75 Å². The van der Waals surface area contributed by atoms with Crippen molar-refractivity contribution < 1.29 is 14.3 Å². The Labute approximate surface area is 144 Å². The lowest BCUT2D eigenvalue weighted by atomic mass is 10.1. The van der Waals surface area contributed by atoms with Crippen LogP contribution < -0.4 is 4.74 Å². The molecule has 1 aromatic carbocycles. The largest absolute Gasteiger partial charge is 0.497 e. The van der Waals surface area contributed by atoms with Gasteiger partial charge in [-0.15, -0.1) is 0 Å². The van der Waals surface area contributed by atoms with E-state index in [1.807, 2.05) is 36.2 Å². The molecule has 0 saturated carbocycles. The number of carbonyl (C=O) groups excluding carboxylic acids is 2. The van der Waals surface area contributed by atoms with Crippen LogP contribution in [0.5, 0.6) is 5.75 Å². The Hall–Kier alpha value is -2.04. The van der Waals surface area contributed by atoms with Gasteiger partial charge in [0, 0.05) is 33.1 Å². The SMILES string of the molecule is CCCCN(C)C(=O)C1CC(=O)N(CCc2cccc(OC)c2)C1. The molecule has 1 aromatic rings. The maximum atomic E-state index is 12.4. The molecule has 1 atom stereocenters. The summed E-state index contributed by atoms with van der Waals surface area (Å²) in [5.74, 6) is 0.816. The first kappa shape index (κ1) is 18.3. The number of unbranched alkanes of at least 4 members (excludes halogenated alkanes) is 1. The van der Waals surface area contributed by atoms with Gasteiger partial charge in [0.2, 0.25) is 11.8 Å². The van der Waals surface area contributed by atoms with Crippen molar-refractivity contribution in [2.24, 2.45) is 5.92 Å². The molecule has 0 spiro atoms. The summed E-state index contributed by atoms with van der Waals surface area (Å²) in [4.78, 5) is 28.2. The van der Waals surface area contributed by atoms with Gasteiger partial charge in [0.15, 0.2) is 0 Å². The zero-order chi connectivity index (χ0) is 17.5. The van der Waals surface area contributed by atoms with E-state index in [9.17, 15) is 9.59 Å². The third-order valence-corrected chi connectivity index (χ3v) is 4.59. The standard InChI is InChI=1S/C19H28N2O3/c1-4-5-10-20(2)19(23)16-13-18(22)21(14-16)11-9-15-7-6-8-17(12-15)24-3/h6-8,12,16H,4-5,9-11,13-14H2,1-3H3. The highest BCUT2D eigenvalue weighted by atomic mass is 16.5. The molecule has 2 amide bonds. The van der Waals surface area contributed by atoms with Gasteiger partial charge in [-0.1, -0.05) is 25.5 Å². The second-order valence-corrected chi connectivity index (χ2v) is 6.46. The quantitative estimate of drug-likeness (QED) is 0.734. The van der Waals surface area contributed by atoms with E-state index in [0.717, 1.165) is 37.1 Å². The molecule has 0 aliphatic carbocycles. The molecule has 24 heavy (non-hydrogen) atoms. The summed E-state index contributed by atoms with van der Waals surface area (Å²) >= 11 is 0. The second-order valence-electron chi connectivity index (χ2n) is 6.46. The van der Waals surface area contributed by atoms with Crippen molar-refractivity contribution in [1.82, 2.24) is 9.80 Å². The highest BCUT2D eigenvalue weighted by Crippen LogP contribution is 2.21. The van der Waals surface area contributed by atoms with E-state index in [2.05, 4.69) is 6.92 Å². The van der Waals surface area contributed by atoms with Crippen molar-refractivity contribution in [1.29, 1.82) is 0 Å². The summed E-state index contributed by atoms with van der Waals surface area (Å²) in [6.07, 6.45) is 3.18. The molecule has 1 aliphatic heterocycles. The van der Waals surface area contributed by atoms with Gasteiger partial charge >= 0.3 is 0 Å². The number of benzene rings is 1. The number of hydrogen-bond acceptors (Lipinski definition) is 3. The Morgan fingerprint density at radius 1 is 1.42 bits per heavy atom. The first-order valence-electron chi connectivity index (χ1n) is 8.70. The van der Waals surface area contributed by atoms with Crippen LogP contribution in [0.4, 0.5) is 0 Å². The lowest BCUT2D eigenvalue weighted by molar-refractivity contribution is -0.134. The molecular formula is C19H28N2O3. The van der Waals surface area contributed by atoms with E-state index in [4.69, 9.17) is 4.74 Å². The maximum Gasteiger partial charge on any atom is 0.227 e. The Morgan fingerprint density at radius 3 is 2.92 bits per heavy atom. The minimum absolute atomic E-state index is 0.0835. The van der Waals surface area contributed by atoms with Gasteiger partial charge < -0.3 is 14.5 Å². The molecule has 1 aliphatic rings. The number of hydrogen-bond donors (Lipinski definition) is 0. The topological polar surface area (TPSA) is 49.9 Å². The minimum atomic E-state index is -0.190. The number of methoxy groups -OCH3 is 1. The first-order chi connectivity index (χ1) is 11.5. The maximum absolute atomic E-state index is 12.4. The van der Waals surface area contributed by atoms with Gasteiger partial charge in [0.25, 0.3) is 0 Å². The van der Waals surface area contributed by atoms with Crippen molar-refractivity contribution >= 4 is 11.8 Å². The highest BCUT2D eigenvalue weighted by molar-refractivity contribution is 5.89. The third-order valence-electron chi connectivity index (χ3n) is 4.59. The summed E-state index contributed by atoms with van der Waals surface area (Å²) in [6.45, 7) is 4.06. The number of nitrogens with zero attached hydrogens (tertiary/aromatic N) is 2. The normalized spacial score (nSPS) is 17.2. The Morgan fingerprint density at radius 2 is 2.21 bits per heavy atom. The zero-order valence-electron chi connectivity index (χ0n) is 15.0. The molecule has 0 N–H and O–H groups in total. The average Bonchev–Trinajstić information content (AvgIpc) is 2.98. The fourth-order valence-electron chi connectivity index (χ4n) is 3.06. The van der Waals surface area contributed by atoms with Crippen LogP contribution in [-0.4, -0.2) is 55.4 Å². The number of likely N-dealkylation sites (tertiary alicyclic amines) is 1. The predicted molar refractivity (Wildman–Crippen MR) is 93.9 cm³/mol. The summed E-state index contributed by atoms with van der Waals surface area (Å²) in [5, 5.41) is 0. The van der Waals surface area contributed by atoms with Crippen molar-refractivity contribution in [3.05, 3.63) is 29.8 Å². The average molecular weight is 332 g/mol.